The van der Waals surface area contributed by atoms with E-state index in [1.54, 1.807) is 19.0 Å². The third-order valence-corrected chi connectivity index (χ3v) is 4.33. The van der Waals surface area contributed by atoms with E-state index >= 15 is 0 Å². The second-order valence-corrected chi connectivity index (χ2v) is 6.11. The molecule has 0 aliphatic heterocycles. The average Bonchev–Trinajstić information content (AvgIpc) is 2.45. The molecule has 2 amide bonds. The molecule has 0 aromatic heterocycles. The van der Waals surface area contributed by atoms with E-state index in [-0.39, 0.29) is 17.7 Å². The lowest BCUT2D eigenvalue weighted by atomic mass is 9.84. The second kappa shape index (κ2) is 8.25. The number of hydrogen-bond acceptors (Lipinski definition) is 3. The Bertz CT molecular complexity index is 325. The van der Waals surface area contributed by atoms with E-state index in [2.05, 4.69) is 5.32 Å². The van der Waals surface area contributed by atoms with Crippen molar-refractivity contribution >= 4 is 11.8 Å². The Balaban J connectivity index is 2.26. The first-order valence-electron chi connectivity index (χ1n) is 7.65. The number of hydrogen-bond donors (Lipinski definition) is 2. The summed E-state index contributed by atoms with van der Waals surface area (Å²) < 4.78 is 0. The van der Waals surface area contributed by atoms with Crippen molar-refractivity contribution in [2.75, 3.05) is 20.6 Å². The van der Waals surface area contributed by atoms with Crippen LogP contribution in [0.3, 0.4) is 0 Å². The maximum absolute atomic E-state index is 12.1. The molecule has 20 heavy (non-hydrogen) atoms. The topological polar surface area (TPSA) is 75.4 Å². The highest BCUT2D eigenvalue weighted by Gasteiger charge is 2.21. The average molecular weight is 283 g/mol. The molecule has 116 valence electrons. The van der Waals surface area contributed by atoms with E-state index < -0.39 is 0 Å². The lowest BCUT2D eigenvalue weighted by Crippen LogP contribution is -2.37. The highest BCUT2D eigenvalue weighted by atomic mass is 16.2. The van der Waals surface area contributed by atoms with Crippen LogP contribution in [0, 0.1) is 11.8 Å². The van der Waals surface area contributed by atoms with Gasteiger partial charge in [0.1, 0.15) is 0 Å². The number of nitrogens with one attached hydrogen (secondary N) is 1. The quantitative estimate of drug-likeness (QED) is 0.767. The summed E-state index contributed by atoms with van der Waals surface area (Å²) in [5.41, 5.74) is 5.88. The van der Waals surface area contributed by atoms with Gasteiger partial charge >= 0.3 is 0 Å². The summed E-state index contributed by atoms with van der Waals surface area (Å²) >= 11 is 0. The molecule has 1 fully saturated rings. The van der Waals surface area contributed by atoms with Gasteiger partial charge in [-0.2, -0.15) is 0 Å². The predicted molar refractivity (Wildman–Crippen MR) is 80.0 cm³/mol. The highest BCUT2D eigenvalue weighted by Crippen LogP contribution is 2.27. The van der Waals surface area contributed by atoms with Crippen LogP contribution in [0.5, 0.6) is 0 Å². The van der Waals surface area contributed by atoms with Crippen molar-refractivity contribution in [2.45, 2.75) is 51.5 Å². The third-order valence-electron chi connectivity index (χ3n) is 4.33. The molecule has 0 saturated heterocycles. The van der Waals surface area contributed by atoms with Crippen molar-refractivity contribution in [2.24, 2.45) is 17.6 Å². The minimum Gasteiger partial charge on any atom is -0.359 e. The predicted octanol–water partition coefficient (Wildman–Crippen LogP) is 1.12. The SMILES string of the molecule is CNC(=O)C(C)CN(C)C(=O)CCC1CCC(N)CC1. The number of rotatable bonds is 6. The molecule has 0 aromatic carbocycles. The summed E-state index contributed by atoms with van der Waals surface area (Å²) in [5, 5.41) is 2.61. The molecule has 0 bridgehead atoms. The van der Waals surface area contributed by atoms with Gasteiger partial charge in [-0.1, -0.05) is 6.92 Å². The van der Waals surface area contributed by atoms with E-state index in [0.717, 1.165) is 32.1 Å². The Morgan fingerprint density at radius 1 is 1.30 bits per heavy atom. The van der Waals surface area contributed by atoms with E-state index in [9.17, 15) is 9.59 Å². The number of carbonyl (C=O) groups excluding carboxylic acids is 2. The number of nitrogens with zero attached hydrogens (tertiary/aromatic N) is 1. The van der Waals surface area contributed by atoms with Crippen molar-refractivity contribution in [3.05, 3.63) is 0 Å². The fourth-order valence-electron chi connectivity index (χ4n) is 2.84. The molecule has 1 rings (SSSR count). The van der Waals surface area contributed by atoms with E-state index in [1.165, 1.54) is 0 Å². The molecule has 0 radical (unpaired) electrons. The van der Waals surface area contributed by atoms with Gasteiger partial charge in [0.2, 0.25) is 11.8 Å². The molecule has 1 atom stereocenters. The Morgan fingerprint density at radius 2 is 1.90 bits per heavy atom. The molecule has 1 aliphatic carbocycles. The van der Waals surface area contributed by atoms with Crippen molar-refractivity contribution in [3.63, 3.8) is 0 Å². The van der Waals surface area contributed by atoms with Gasteiger partial charge in [0, 0.05) is 33.1 Å². The van der Waals surface area contributed by atoms with Gasteiger partial charge < -0.3 is 16.0 Å². The number of nitrogens with two attached hydrogens (primary N) is 1. The molecular weight excluding hydrogens is 254 g/mol. The molecule has 5 heteroatoms. The lowest BCUT2D eigenvalue weighted by Gasteiger charge is -2.27. The molecule has 0 aromatic rings. The zero-order chi connectivity index (χ0) is 15.1. The van der Waals surface area contributed by atoms with E-state index in [0.29, 0.717) is 24.9 Å². The summed E-state index contributed by atoms with van der Waals surface area (Å²) in [7, 11) is 3.40. The molecule has 1 unspecified atom stereocenters. The van der Waals surface area contributed by atoms with E-state index in [1.807, 2.05) is 6.92 Å². The highest BCUT2D eigenvalue weighted by molar-refractivity contribution is 5.80. The number of carbonyl (C=O) groups is 2. The minimum atomic E-state index is -0.165. The van der Waals surface area contributed by atoms with Crippen molar-refractivity contribution in [1.29, 1.82) is 0 Å². The Morgan fingerprint density at radius 3 is 2.45 bits per heavy atom. The Labute approximate surface area is 122 Å². The molecular formula is C15H29N3O2. The summed E-state index contributed by atoms with van der Waals surface area (Å²) in [6, 6.07) is 0.359. The van der Waals surface area contributed by atoms with Crippen LogP contribution in [0.2, 0.25) is 0 Å². The van der Waals surface area contributed by atoms with Gasteiger partial charge in [0.15, 0.2) is 0 Å². The Hall–Kier alpha value is -1.10. The van der Waals surface area contributed by atoms with Gasteiger partial charge in [-0.15, -0.1) is 0 Å². The van der Waals surface area contributed by atoms with Crippen LogP contribution in [0.4, 0.5) is 0 Å². The van der Waals surface area contributed by atoms with Crippen LogP contribution < -0.4 is 11.1 Å². The third kappa shape index (κ3) is 5.49. The fourth-order valence-corrected chi connectivity index (χ4v) is 2.84. The minimum absolute atomic E-state index is 0.0223. The monoisotopic (exact) mass is 283 g/mol. The summed E-state index contributed by atoms with van der Waals surface area (Å²) in [4.78, 5) is 25.2. The smallest absolute Gasteiger partial charge is 0.224 e. The molecule has 0 heterocycles. The van der Waals surface area contributed by atoms with Crippen LogP contribution in [-0.4, -0.2) is 43.4 Å². The zero-order valence-electron chi connectivity index (χ0n) is 13.0. The van der Waals surface area contributed by atoms with Crippen LogP contribution >= 0.6 is 0 Å². The molecule has 0 spiro atoms. The van der Waals surface area contributed by atoms with Gasteiger partial charge in [0.25, 0.3) is 0 Å². The Kier molecular flexibility index (Phi) is 6.99. The van der Waals surface area contributed by atoms with Crippen LogP contribution in [0.1, 0.15) is 45.4 Å². The normalized spacial score (nSPS) is 24.0. The molecule has 1 saturated carbocycles. The first kappa shape index (κ1) is 17.0. The largest absolute Gasteiger partial charge is 0.359 e. The van der Waals surface area contributed by atoms with Crippen molar-refractivity contribution in [3.8, 4) is 0 Å². The number of amides is 2. The lowest BCUT2D eigenvalue weighted by molar-refractivity contribution is -0.132. The maximum Gasteiger partial charge on any atom is 0.224 e. The second-order valence-electron chi connectivity index (χ2n) is 6.11. The summed E-state index contributed by atoms with van der Waals surface area (Å²) in [6.45, 7) is 2.32. The van der Waals surface area contributed by atoms with Gasteiger partial charge in [-0.3, -0.25) is 9.59 Å². The van der Waals surface area contributed by atoms with Gasteiger partial charge in [0.05, 0.1) is 5.92 Å². The van der Waals surface area contributed by atoms with Crippen molar-refractivity contribution in [1.82, 2.24) is 10.2 Å². The molecule has 1 aliphatic rings. The molecule has 5 nitrogen and oxygen atoms in total. The first-order chi connectivity index (χ1) is 9.43. The summed E-state index contributed by atoms with van der Waals surface area (Å²) in [5.74, 6) is 0.590. The van der Waals surface area contributed by atoms with E-state index in [4.69, 9.17) is 5.73 Å². The van der Waals surface area contributed by atoms with Crippen LogP contribution in [0.25, 0.3) is 0 Å². The zero-order valence-corrected chi connectivity index (χ0v) is 13.0. The summed E-state index contributed by atoms with van der Waals surface area (Å²) in [6.07, 6.45) is 5.99. The van der Waals surface area contributed by atoms with Crippen molar-refractivity contribution < 1.29 is 9.59 Å². The van der Waals surface area contributed by atoms with Crippen LogP contribution in [-0.2, 0) is 9.59 Å². The van der Waals surface area contributed by atoms with Crippen LogP contribution in [0.15, 0.2) is 0 Å². The molecule has 3 N–H and O–H groups in total. The van der Waals surface area contributed by atoms with Gasteiger partial charge in [-0.05, 0) is 38.0 Å². The van der Waals surface area contributed by atoms with Gasteiger partial charge in [-0.25, -0.2) is 0 Å². The fraction of sp³-hybridized carbons (Fsp3) is 0.867. The maximum atomic E-state index is 12.1. The standard InChI is InChI=1S/C15H29N3O2/c1-11(15(20)17-2)10-18(3)14(19)9-6-12-4-7-13(16)8-5-12/h11-13H,4-10,16H2,1-3H3,(H,17,20). The first-order valence-corrected chi connectivity index (χ1v) is 7.65.